The third kappa shape index (κ3) is 2.42. The van der Waals surface area contributed by atoms with Gasteiger partial charge in [-0.3, -0.25) is 4.68 Å². The Morgan fingerprint density at radius 3 is 2.75 bits per heavy atom. The molecule has 2 N–H and O–H groups in total. The quantitative estimate of drug-likeness (QED) is 0.937. The van der Waals surface area contributed by atoms with Crippen molar-refractivity contribution >= 4 is 15.9 Å². The lowest BCUT2D eigenvalue weighted by atomic mass is 9.90. The number of fused-ring (bicyclic) bond motifs is 1. The van der Waals surface area contributed by atoms with Crippen LogP contribution in [0.15, 0.2) is 22.7 Å². The first kappa shape index (κ1) is 13.8. The first-order valence-electron chi connectivity index (χ1n) is 7.24. The summed E-state index contributed by atoms with van der Waals surface area (Å²) in [5.74, 6) is 0. The first-order valence-corrected chi connectivity index (χ1v) is 8.03. The highest BCUT2D eigenvalue weighted by atomic mass is 79.9. The van der Waals surface area contributed by atoms with Crippen LogP contribution in [0.4, 0.5) is 0 Å². The number of nitrogens with zero attached hydrogens (tertiary/aromatic N) is 2. The van der Waals surface area contributed by atoms with Gasteiger partial charge in [0.15, 0.2) is 0 Å². The second kappa shape index (κ2) is 5.70. The Labute approximate surface area is 128 Å². The SMILES string of the molecule is Cn1nc(CCN)c(Br)c1-c1ccc2c(c1)CCCC2. The molecule has 0 saturated heterocycles. The van der Waals surface area contributed by atoms with Crippen LogP contribution in [0.3, 0.4) is 0 Å². The minimum absolute atomic E-state index is 0.624. The Hall–Kier alpha value is -1.13. The topological polar surface area (TPSA) is 43.8 Å². The summed E-state index contributed by atoms with van der Waals surface area (Å²) in [4.78, 5) is 0. The first-order chi connectivity index (χ1) is 9.70. The van der Waals surface area contributed by atoms with E-state index < -0.39 is 0 Å². The number of rotatable bonds is 3. The molecule has 2 aromatic rings. The average Bonchev–Trinajstić information content (AvgIpc) is 2.73. The van der Waals surface area contributed by atoms with Gasteiger partial charge in [0, 0.05) is 19.0 Å². The monoisotopic (exact) mass is 333 g/mol. The van der Waals surface area contributed by atoms with Crippen molar-refractivity contribution < 1.29 is 0 Å². The molecule has 1 heterocycles. The molecule has 106 valence electrons. The van der Waals surface area contributed by atoms with Crippen LogP contribution >= 0.6 is 15.9 Å². The fourth-order valence-corrected chi connectivity index (χ4v) is 3.81. The number of aromatic nitrogens is 2. The highest BCUT2D eigenvalue weighted by molar-refractivity contribution is 9.10. The van der Waals surface area contributed by atoms with E-state index in [1.807, 2.05) is 11.7 Å². The minimum Gasteiger partial charge on any atom is -0.330 e. The molecule has 0 unspecified atom stereocenters. The summed E-state index contributed by atoms with van der Waals surface area (Å²) in [7, 11) is 2.00. The highest BCUT2D eigenvalue weighted by Gasteiger charge is 2.17. The zero-order valence-electron chi connectivity index (χ0n) is 11.8. The van der Waals surface area contributed by atoms with Crippen LogP contribution in [0.25, 0.3) is 11.3 Å². The van der Waals surface area contributed by atoms with Crippen LogP contribution in [-0.4, -0.2) is 16.3 Å². The molecular weight excluding hydrogens is 314 g/mol. The normalized spacial score (nSPS) is 14.3. The summed E-state index contributed by atoms with van der Waals surface area (Å²) in [5, 5.41) is 4.58. The van der Waals surface area contributed by atoms with Crippen molar-refractivity contribution in [3.8, 4) is 11.3 Å². The number of benzene rings is 1. The molecule has 1 aliphatic carbocycles. The standard InChI is InChI=1S/C16H20BrN3/c1-20-16(15(17)14(19-20)8-9-18)13-7-6-11-4-2-3-5-12(11)10-13/h6-7,10H,2-5,8-9,18H2,1H3. The number of hydrogen-bond acceptors (Lipinski definition) is 2. The molecule has 3 rings (SSSR count). The van der Waals surface area contributed by atoms with Crippen LogP contribution in [0.2, 0.25) is 0 Å². The van der Waals surface area contributed by atoms with Gasteiger partial charge in [0.1, 0.15) is 0 Å². The van der Waals surface area contributed by atoms with Gasteiger partial charge in [-0.1, -0.05) is 12.1 Å². The molecule has 1 aromatic carbocycles. The van der Waals surface area contributed by atoms with E-state index in [0.29, 0.717) is 6.54 Å². The molecule has 4 heteroatoms. The van der Waals surface area contributed by atoms with Gasteiger partial charge in [0.05, 0.1) is 15.9 Å². The number of aryl methyl sites for hydroxylation is 3. The van der Waals surface area contributed by atoms with Crippen molar-refractivity contribution in [3.63, 3.8) is 0 Å². The van der Waals surface area contributed by atoms with E-state index in [-0.39, 0.29) is 0 Å². The van der Waals surface area contributed by atoms with Crippen molar-refractivity contribution in [1.82, 2.24) is 9.78 Å². The lowest BCUT2D eigenvalue weighted by Crippen LogP contribution is -2.04. The number of halogens is 1. The van der Waals surface area contributed by atoms with Gasteiger partial charge in [0.25, 0.3) is 0 Å². The maximum Gasteiger partial charge on any atom is 0.0824 e. The predicted octanol–water partition coefficient (Wildman–Crippen LogP) is 3.23. The smallest absolute Gasteiger partial charge is 0.0824 e. The Kier molecular flexibility index (Phi) is 3.94. The van der Waals surface area contributed by atoms with E-state index in [1.54, 1.807) is 0 Å². The van der Waals surface area contributed by atoms with Crippen LogP contribution < -0.4 is 5.73 Å². The molecular formula is C16H20BrN3. The fourth-order valence-electron chi connectivity index (χ4n) is 3.04. The average molecular weight is 334 g/mol. The van der Waals surface area contributed by atoms with Crippen LogP contribution in [0.1, 0.15) is 29.7 Å². The van der Waals surface area contributed by atoms with Gasteiger partial charge in [-0.05, 0) is 65.4 Å². The maximum atomic E-state index is 5.65. The second-order valence-corrected chi connectivity index (χ2v) is 6.26. The van der Waals surface area contributed by atoms with E-state index >= 15 is 0 Å². The van der Waals surface area contributed by atoms with Crippen molar-refractivity contribution in [2.75, 3.05) is 6.54 Å². The molecule has 0 fully saturated rings. The van der Waals surface area contributed by atoms with Gasteiger partial charge in [-0.15, -0.1) is 0 Å². The molecule has 0 saturated carbocycles. The predicted molar refractivity (Wildman–Crippen MR) is 85.7 cm³/mol. The molecule has 0 amide bonds. The van der Waals surface area contributed by atoms with Crippen molar-refractivity contribution in [2.24, 2.45) is 12.8 Å². The van der Waals surface area contributed by atoms with E-state index in [0.717, 1.165) is 22.3 Å². The Morgan fingerprint density at radius 2 is 2.00 bits per heavy atom. The molecule has 0 spiro atoms. The van der Waals surface area contributed by atoms with Crippen LogP contribution in [-0.2, 0) is 26.3 Å². The molecule has 3 nitrogen and oxygen atoms in total. The zero-order chi connectivity index (χ0) is 14.1. The van der Waals surface area contributed by atoms with Gasteiger partial charge < -0.3 is 5.73 Å². The minimum atomic E-state index is 0.624. The summed E-state index contributed by atoms with van der Waals surface area (Å²) in [5.41, 5.74) is 12.1. The lowest BCUT2D eigenvalue weighted by molar-refractivity contribution is 0.685. The Bertz CT molecular complexity index is 631. The number of hydrogen-bond donors (Lipinski definition) is 1. The van der Waals surface area contributed by atoms with Gasteiger partial charge >= 0.3 is 0 Å². The van der Waals surface area contributed by atoms with E-state index in [1.165, 1.54) is 42.4 Å². The Morgan fingerprint density at radius 1 is 1.25 bits per heavy atom. The third-order valence-electron chi connectivity index (χ3n) is 4.06. The fraction of sp³-hybridized carbons (Fsp3) is 0.438. The van der Waals surface area contributed by atoms with Gasteiger partial charge in [-0.25, -0.2) is 0 Å². The summed E-state index contributed by atoms with van der Waals surface area (Å²) in [6, 6.07) is 6.84. The molecule has 1 aromatic heterocycles. The second-order valence-electron chi connectivity index (χ2n) is 5.46. The Balaban J connectivity index is 2.04. The van der Waals surface area contributed by atoms with Crippen LogP contribution in [0.5, 0.6) is 0 Å². The van der Waals surface area contributed by atoms with E-state index in [9.17, 15) is 0 Å². The van der Waals surface area contributed by atoms with Gasteiger partial charge in [-0.2, -0.15) is 5.10 Å². The summed E-state index contributed by atoms with van der Waals surface area (Å²) in [6.45, 7) is 0.624. The van der Waals surface area contributed by atoms with Crippen LogP contribution in [0, 0.1) is 0 Å². The van der Waals surface area contributed by atoms with Crippen molar-refractivity contribution in [1.29, 1.82) is 0 Å². The molecule has 20 heavy (non-hydrogen) atoms. The maximum absolute atomic E-state index is 5.65. The number of nitrogens with two attached hydrogens (primary N) is 1. The summed E-state index contributed by atoms with van der Waals surface area (Å²) >= 11 is 3.70. The summed E-state index contributed by atoms with van der Waals surface area (Å²) < 4.78 is 3.04. The molecule has 0 atom stereocenters. The zero-order valence-corrected chi connectivity index (χ0v) is 13.4. The van der Waals surface area contributed by atoms with Crippen molar-refractivity contribution in [3.05, 3.63) is 39.5 Å². The van der Waals surface area contributed by atoms with Crippen molar-refractivity contribution in [2.45, 2.75) is 32.1 Å². The molecule has 1 aliphatic rings. The summed E-state index contributed by atoms with van der Waals surface area (Å²) in [6.07, 6.45) is 5.86. The third-order valence-corrected chi connectivity index (χ3v) is 4.89. The molecule has 0 bridgehead atoms. The highest BCUT2D eigenvalue weighted by Crippen LogP contribution is 2.33. The molecule has 0 radical (unpaired) electrons. The van der Waals surface area contributed by atoms with E-state index in [4.69, 9.17) is 5.73 Å². The largest absolute Gasteiger partial charge is 0.330 e. The molecule has 0 aliphatic heterocycles. The van der Waals surface area contributed by atoms with E-state index in [2.05, 4.69) is 39.2 Å². The lowest BCUT2D eigenvalue weighted by Gasteiger charge is -2.16. The van der Waals surface area contributed by atoms with Gasteiger partial charge in [0.2, 0.25) is 0 Å².